The van der Waals surface area contributed by atoms with Gasteiger partial charge in [-0.3, -0.25) is 4.90 Å². The summed E-state index contributed by atoms with van der Waals surface area (Å²) in [5, 5.41) is 0. The van der Waals surface area contributed by atoms with E-state index in [2.05, 4.69) is 25.7 Å². The molecule has 0 N–H and O–H groups in total. The second-order valence-electron chi connectivity index (χ2n) is 5.26. The fourth-order valence-electron chi connectivity index (χ4n) is 3.17. The lowest BCUT2D eigenvalue weighted by atomic mass is 9.70. The van der Waals surface area contributed by atoms with Crippen molar-refractivity contribution in [1.82, 2.24) is 4.90 Å². The molecule has 0 aromatic carbocycles. The van der Waals surface area contributed by atoms with Crippen molar-refractivity contribution in [1.29, 1.82) is 0 Å². The first-order valence-corrected chi connectivity index (χ1v) is 5.98. The van der Waals surface area contributed by atoms with E-state index in [-0.39, 0.29) is 0 Å². The van der Waals surface area contributed by atoms with Gasteiger partial charge in [-0.2, -0.15) is 0 Å². The van der Waals surface area contributed by atoms with Crippen molar-refractivity contribution in [2.75, 3.05) is 6.54 Å². The van der Waals surface area contributed by atoms with Gasteiger partial charge < -0.3 is 0 Å². The van der Waals surface area contributed by atoms with E-state index in [1.807, 2.05) is 0 Å². The summed E-state index contributed by atoms with van der Waals surface area (Å²) in [6.45, 7) is 8.42. The van der Waals surface area contributed by atoms with Crippen LogP contribution in [0.2, 0.25) is 0 Å². The molecule has 1 heteroatoms. The second-order valence-corrected chi connectivity index (χ2v) is 5.26. The van der Waals surface area contributed by atoms with Crippen LogP contribution in [-0.4, -0.2) is 23.5 Å². The third-order valence-corrected chi connectivity index (χ3v) is 4.06. The average Bonchev–Trinajstić information content (AvgIpc) is 2.14. The van der Waals surface area contributed by atoms with Crippen LogP contribution in [0.1, 0.15) is 46.5 Å². The Hall–Kier alpha value is -0.0400. The molecule has 3 aliphatic rings. The molecule has 1 nitrogen and oxygen atoms in total. The number of fused-ring (bicyclic) bond motifs is 2. The molecule has 0 radical (unpaired) electrons. The van der Waals surface area contributed by atoms with E-state index in [4.69, 9.17) is 0 Å². The molecule has 2 atom stereocenters. The molecule has 2 saturated heterocycles. The van der Waals surface area contributed by atoms with Crippen LogP contribution in [0.5, 0.6) is 0 Å². The molecule has 2 bridgehead atoms. The van der Waals surface area contributed by atoms with Crippen LogP contribution in [-0.2, 0) is 0 Å². The van der Waals surface area contributed by atoms with Gasteiger partial charge >= 0.3 is 0 Å². The van der Waals surface area contributed by atoms with Crippen molar-refractivity contribution in [2.45, 2.75) is 58.5 Å². The summed E-state index contributed by atoms with van der Waals surface area (Å²) >= 11 is 0. The van der Waals surface area contributed by atoms with Gasteiger partial charge in [0, 0.05) is 12.1 Å². The van der Waals surface area contributed by atoms with Crippen molar-refractivity contribution in [3.05, 3.63) is 0 Å². The van der Waals surface area contributed by atoms with E-state index in [1.54, 1.807) is 0 Å². The first-order chi connectivity index (χ1) is 6.22. The van der Waals surface area contributed by atoms with Gasteiger partial charge in [-0.15, -0.1) is 0 Å². The van der Waals surface area contributed by atoms with E-state index in [0.717, 1.165) is 23.9 Å². The Morgan fingerprint density at radius 1 is 1.15 bits per heavy atom. The van der Waals surface area contributed by atoms with Crippen LogP contribution in [0.3, 0.4) is 0 Å². The molecule has 13 heavy (non-hydrogen) atoms. The van der Waals surface area contributed by atoms with Gasteiger partial charge in [-0.1, -0.05) is 20.8 Å². The minimum absolute atomic E-state index is 0.911. The van der Waals surface area contributed by atoms with Crippen LogP contribution in [0, 0.1) is 11.8 Å². The topological polar surface area (TPSA) is 3.24 Å². The van der Waals surface area contributed by atoms with Crippen LogP contribution < -0.4 is 0 Å². The average molecular weight is 181 g/mol. The number of piperidine rings is 1. The predicted molar refractivity (Wildman–Crippen MR) is 56.8 cm³/mol. The lowest BCUT2D eigenvalue weighted by molar-refractivity contribution is -0.0604. The Morgan fingerprint density at radius 3 is 2.23 bits per heavy atom. The molecule has 3 fully saturated rings. The van der Waals surface area contributed by atoms with Gasteiger partial charge in [0.1, 0.15) is 0 Å². The van der Waals surface area contributed by atoms with Gasteiger partial charge in [-0.25, -0.2) is 0 Å². The van der Waals surface area contributed by atoms with Gasteiger partial charge in [0.25, 0.3) is 0 Å². The number of hydrogen-bond donors (Lipinski definition) is 0. The zero-order valence-electron chi connectivity index (χ0n) is 9.29. The van der Waals surface area contributed by atoms with E-state index >= 15 is 0 Å². The van der Waals surface area contributed by atoms with E-state index in [9.17, 15) is 0 Å². The van der Waals surface area contributed by atoms with Crippen LogP contribution >= 0.6 is 0 Å². The molecular weight excluding hydrogens is 158 g/mol. The fourth-order valence-corrected chi connectivity index (χ4v) is 3.17. The molecule has 0 aromatic rings. The zero-order valence-corrected chi connectivity index (χ0v) is 9.29. The summed E-state index contributed by atoms with van der Waals surface area (Å²) in [6.07, 6.45) is 5.80. The molecule has 1 aliphatic carbocycles. The van der Waals surface area contributed by atoms with Gasteiger partial charge in [0.15, 0.2) is 0 Å². The van der Waals surface area contributed by atoms with Crippen molar-refractivity contribution in [3.63, 3.8) is 0 Å². The van der Waals surface area contributed by atoms with Crippen molar-refractivity contribution in [2.24, 2.45) is 11.8 Å². The van der Waals surface area contributed by atoms with Crippen molar-refractivity contribution in [3.8, 4) is 0 Å². The summed E-state index contributed by atoms with van der Waals surface area (Å²) in [4.78, 5) is 2.75. The lowest BCUT2D eigenvalue weighted by Gasteiger charge is -2.56. The fraction of sp³-hybridized carbons (Fsp3) is 1.00. The SMILES string of the molecule is CCCN1C2CC(C(C)C)CC1C2. The molecule has 1 saturated carbocycles. The lowest BCUT2D eigenvalue weighted by Crippen LogP contribution is -2.61. The van der Waals surface area contributed by atoms with Crippen molar-refractivity contribution < 1.29 is 0 Å². The highest BCUT2D eigenvalue weighted by Gasteiger charge is 2.44. The van der Waals surface area contributed by atoms with Crippen LogP contribution in [0.15, 0.2) is 0 Å². The highest BCUT2D eigenvalue weighted by atomic mass is 15.3. The largest absolute Gasteiger partial charge is 0.297 e. The Morgan fingerprint density at radius 2 is 1.77 bits per heavy atom. The zero-order chi connectivity index (χ0) is 9.42. The highest BCUT2D eigenvalue weighted by Crippen LogP contribution is 2.43. The quantitative estimate of drug-likeness (QED) is 0.647. The van der Waals surface area contributed by atoms with Crippen LogP contribution in [0.25, 0.3) is 0 Å². The first kappa shape index (κ1) is 9.51. The van der Waals surface area contributed by atoms with Gasteiger partial charge in [-0.05, 0) is 44.1 Å². The maximum absolute atomic E-state index is 2.75. The molecule has 2 aliphatic heterocycles. The first-order valence-electron chi connectivity index (χ1n) is 5.98. The minimum atomic E-state index is 0.911. The highest BCUT2D eigenvalue weighted by molar-refractivity contribution is 4.99. The Balaban J connectivity index is 1.87. The molecule has 2 heterocycles. The Kier molecular flexibility index (Phi) is 2.64. The third-order valence-electron chi connectivity index (χ3n) is 4.06. The maximum atomic E-state index is 2.75. The van der Waals surface area contributed by atoms with Crippen molar-refractivity contribution >= 4 is 0 Å². The van der Waals surface area contributed by atoms with E-state index < -0.39 is 0 Å². The normalized spacial score (nSPS) is 39.2. The molecular formula is C12H23N. The number of hydrogen-bond acceptors (Lipinski definition) is 1. The summed E-state index contributed by atoms with van der Waals surface area (Å²) < 4.78 is 0. The monoisotopic (exact) mass is 181 g/mol. The second kappa shape index (κ2) is 3.61. The molecule has 0 aromatic heterocycles. The Bertz CT molecular complexity index is 164. The third kappa shape index (κ3) is 1.63. The summed E-state index contributed by atoms with van der Waals surface area (Å²) in [5.74, 6) is 1.94. The number of nitrogens with zero attached hydrogens (tertiary/aromatic N) is 1. The molecule has 3 rings (SSSR count). The molecule has 0 amide bonds. The van der Waals surface area contributed by atoms with E-state index in [0.29, 0.717) is 0 Å². The summed E-state index contributed by atoms with van der Waals surface area (Å²) in [7, 11) is 0. The molecule has 76 valence electrons. The predicted octanol–water partition coefficient (Wildman–Crippen LogP) is 2.91. The van der Waals surface area contributed by atoms with Gasteiger partial charge in [0.2, 0.25) is 0 Å². The molecule has 0 spiro atoms. The van der Waals surface area contributed by atoms with Crippen LogP contribution in [0.4, 0.5) is 0 Å². The Labute approximate surface area is 82.5 Å². The smallest absolute Gasteiger partial charge is 0.0116 e. The maximum Gasteiger partial charge on any atom is 0.0116 e. The summed E-state index contributed by atoms with van der Waals surface area (Å²) in [5.41, 5.74) is 0. The van der Waals surface area contributed by atoms with E-state index in [1.165, 1.54) is 32.2 Å². The van der Waals surface area contributed by atoms with Gasteiger partial charge in [0.05, 0.1) is 0 Å². The number of rotatable bonds is 3. The molecule has 2 unspecified atom stereocenters. The summed E-state index contributed by atoms with van der Waals surface area (Å²) in [6, 6.07) is 1.93. The minimum Gasteiger partial charge on any atom is -0.297 e. The standard InChI is InChI=1S/C12H23N/c1-4-5-13-11-6-10(9(2)3)7-12(13)8-11/h9-12H,4-8H2,1-3H3.